The zero-order chi connectivity index (χ0) is 51.7. The molecule has 2 unspecified atom stereocenters. The van der Waals surface area contributed by atoms with Crippen LogP contribution in [0, 0.1) is 0 Å². The van der Waals surface area contributed by atoms with E-state index in [2.05, 4.69) is 20.9 Å². The number of carbonyl (C=O) groups is 8. The Morgan fingerprint density at radius 3 is 1.50 bits per heavy atom. The molecule has 0 spiro atoms. The van der Waals surface area contributed by atoms with Gasteiger partial charge in [-0.1, -0.05) is 97.1 Å². The largest absolute Gasteiger partial charge is 0.473 e. The number of Topliss-reactive ketones (excluding diaryl/α,β-unsaturated/α-hetero) is 2. The Hall–Kier alpha value is -8.11. The first kappa shape index (κ1) is 56.2. The number of unbranched alkanes of at least 4 members (excludes halogenated alkanes) is 2. The van der Waals surface area contributed by atoms with Crippen LogP contribution in [0.3, 0.4) is 0 Å². The van der Waals surface area contributed by atoms with Crippen LogP contribution in [0.1, 0.15) is 65.6 Å². The molecule has 1 aliphatic heterocycles. The van der Waals surface area contributed by atoms with E-state index >= 15 is 0 Å². The van der Waals surface area contributed by atoms with Gasteiger partial charge in [-0.25, -0.2) is 29.0 Å². The summed E-state index contributed by atoms with van der Waals surface area (Å²) in [5.41, 5.74) is -0.639. The number of aliphatic imine (C=N–C) groups is 1. The summed E-state index contributed by atoms with van der Waals surface area (Å²) in [6, 6.07) is 31.9. The van der Waals surface area contributed by atoms with Gasteiger partial charge >= 0.3 is 42.4 Å². The molecular weight excluding hydrogens is 943 g/mol. The molecule has 1 aliphatic rings. The van der Waals surface area contributed by atoms with Gasteiger partial charge in [-0.2, -0.15) is 26.3 Å². The van der Waals surface area contributed by atoms with Crippen molar-refractivity contribution >= 4 is 53.5 Å². The first-order chi connectivity index (χ1) is 33.1. The molecule has 1 heterocycles. The Morgan fingerprint density at radius 1 is 0.614 bits per heavy atom. The van der Waals surface area contributed by atoms with E-state index in [9.17, 15) is 55.1 Å². The molecular formula is C47H46F6N4O13. The van der Waals surface area contributed by atoms with Gasteiger partial charge in [0.25, 0.3) is 17.5 Å². The van der Waals surface area contributed by atoms with Crippen molar-refractivity contribution in [3.8, 4) is 0 Å². The number of amides is 3. The van der Waals surface area contributed by atoms with E-state index in [1.165, 1.54) is 24.3 Å². The highest BCUT2D eigenvalue weighted by Gasteiger charge is 2.61. The molecule has 4 aromatic carbocycles. The highest BCUT2D eigenvalue weighted by molar-refractivity contribution is 6.27. The van der Waals surface area contributed by atoms with Crippen LogP contribution in [0.5, 0.6) is 0 Å². The van der Waals surface area contributed by atoms with Crippen molar-refractivity contribution in [1.82, 2.24) is 16.0 Å². The third-order valence-corrected chi connectivity index (χ3v) is 9.44. The van der Waals surface area contributed by atoms with E-state index in [0.29, 0.717) is 6.42 Å². The lowest BCUT2D eigenvalue weighted by atomic mass is 9.88. The van der Waals surface area contributed by atoms with Gasteiger partial charge in [-0.15, -0.1) is 0 Å². The summed E-state index contributed by atoms with van der Waals surface area (Å²) in [6.45, 7) is 0.403. The second-order valence-electron chi connectivity index (χ2n) is 14.7. The quantitative estimate of drug-likeness (QED) is 0.0157. The lowest BCUT2D eigenvalue weighted by Crippen LogP contribution is -2.49. The number of esters is 1. The first-order valence-corrected chi connectivity index (χ1v) is 21.0. The summed E-state index contributed by atoms with van der Waals surface area (Å²) < 4.78 is 93.4. The highest BCUT2D eigenvalue weighted by atomic mass is 19.4. The third kappa shape index (κ3) is 19.2. The lowest BCUT2D eigenvalue weighted by molar-refractivity contribution is -0.180. The Bertz CT molecular complexity index is 2400. The predicted octanol–water partition coefficient (Wildman–Crippen LogP) is 7.13. The number of ether oxygens (including phenoxy) is 3. The van der Waals surface area contributed by atoms with E-state index < -0.39 is 77.9 Å². The van der Waals surface area contributed by atoms with Crippen molar-refractivity contribution in [2.75, 3.05) is 13.1 Å². The summed E-state index contributed by atoms with van der Waals surface area (Å²) in [7, 11) is 0. The average Bonchev–Trinajstić information content (AvgIpc) is 3.68. The Kier molecular flexibility index (Phi) is 22.2. The van der Waals surface area contributed by atoms with Crippen molar-refractivity contribution in [3.63, 3.8) is 0 Å². The van der Waals surface area contributed by atoms with Crippen molar-refractivity contribution in [2.45, 2.75) is 75.7 Å². The second-order valence-corrected chi connectivity index (χ2v) is 14.7. The standard InChI is InChI=1S/C23H21F3N2O5.C22H23F3N2O4.C2H2O4/c24-23(25,26)19(29)22(20(30)33-18(28-22)17-11-5-2-6-12-17)13-7-8-14-27-21(31)32-15-16-9-3-1-4-10-16;23-22(24,25)19(28)18(27-20(29)17-11-5-2-6-12-17)13-7-8-14-26-21(30)31-15-16-9-3-1-4-10-16;3-1(4)2(5)6/h1-6,9-12H,7-8,13-15H2,(H,27,31);1-6,9-12,18H,7-8,13-15H2,(H,26,30)(H,27,29);(H,3,4)(H,5,6). The highest BCUT2D eigenvalue weighted by Crippen LogP contribution is 2.36. The Morgan fingerprint density at radius 2 is 1.06 bits per heavy atom. The molecule has 23 heteroatoms. The summed E-state index contributed by atoms with van der Waals surface area (Å²) in [4.78, 5) is 93.8. The molecule has 5 rings (SSSR count). The minimum atomic E-state index is -5.27. The number of ketones is 2. The van der Waals surface area contributed by atoms with Gasteiger partial charge in [0.15, 0.2) is 0 Å². The summed E-state index contributed by atoms with van der Waals surface area (Å²) >= 11 is 0. The van der Waals surface area contributed by atoms with Crippen molar-refractivity contribution < 1.29 is 89.1 Å². The van der Waals surface area contributed by atoms with Gasteiger partial charge < -0.3 is 40.4 Å². The van der Waals surface area contributed by atoms with Gasteiger partial charge in [0, 0.05) is 24.2 Å². The number of aliphatic carboxylic acids is 2. The molecule has 0 aromatic heterocycles. The number of carboxylic acids is 2. The summed E-state index contributed by atoms with van der Waals surface area (Å²) in [5, 5.41) is 21.9. The molecule has 0 saturated carbocycles. The van der Waals surface area contributed by atoms with Crippen LogP contribution < -0.4 is 16.0 Å². The number of hydrogen-bond acceptors (Lipinski definition) is 12. The molecule has 70 heavy (non-hydrogen) atoms. The van der Waals surface area contributed by atoms with Crippen molar-refractivity contribution in [3.05, 3.63) is 144 Å². The van der Waals surface area contributed by atoms with E-state index in [1.54, 1.807) is 72.8 Å². The molecule has 0 radical (unpaired) electrons. The topological polar surface area (TPSA) is 253 Å². The van der Waals surface area contributed by atoms with E-state index in [1.807, 2.05) is 24.3 Å². The van der Waals surface area contributed by atoms with Crippen LogP contribution in [0.25, 0.3) is 0 Å². The van der Waals surface area contributed by atoms with Gasteiger partial charge in [0.05, 0.1) is 6.04 Å². The molecule has 374 valence electrons. The first-order valence-electron chi connectivity index (χ1n) is 21.0. The Balaban J connectivity index is 0.000000332. The normalized spacial score (nSPS) is 14.3. The molecule has 17 nitrogen and oxygen atoms in total. The van der Waals surface area contributed by atoms with Crippen LogP contribution in [-0.2, 0) is 51.4 Å². The zero-order valence-corrected chi connectivity index (χ0v) is 36.8. The van der Waals surface area contributed by atoms with E-state index in [-0.39, 0.29) is 69.0 Å². The number of halogens is 6. The maximum Gasteiger partial charge on any atom is 0.453 e. The van der Waals surface area contributed by atoms with Crippen LogP contribution in [-0.4, -0.2) is 101 Å². The molecule has 3 amide bonds. The summed E-state index contributed by atoms with van der Waals surface area (Å²) in [6.07, 6.45) is -11.7. The zero-order valence-electron chi connectivity index (χ0n) is 36.8. The average molecular weight is 989 g/mol. The number of cyclic esters (lactones) is 1. The third-order valence-electron chi connectivity index (χ3n) is 9.44. The molecule has 0 bridgehead atoms. The minimum Gasteiger partial charge on any atom is -0.473 e. The van der Waals surface area contributed by atoms with Crippen molar-refractivity contribution in [2.24, 2.45) is 4.99 Å². The monoisotopic (exact) mass is 988 g/mol. The van der Waals surface area contributed by atoms with Crippen molar-refractivity contribution in [1.29, 1.82) is 0 Å². The fourth-order valence-corrected chi connectivity index (χ4v) is 5.97. The molecule has 4 aromatic rings. The number of alkyl carbamates (subject to hydrolysis) is 2. The number of hydrogen-bond donors (Lipinski definition) is 5. The number of nitrogens with one attached hydrogen (secondary N) is 3. The number of alkyl halides is 6. The van der Waals surface area contributed by atoms with Crippen LogP contribution in [0.4, 0.5) is 35.9 Å². The summed E-state index contributed by atoms with van der Waals surface area (Å²) in [5.74, 6) is -10.4. The number of benzene rings is 4. The number of carbonyl (C=O) groups excluding carboxylic acids is 6. The number of carboxylic acid groups (broad SMARTS) is 2. The smallest absolute Gasteiger partial charge is 0.453 e. The molecule has 0 fully saturated rings. The SMILES string of the molecule is O=C(NCCCCC(NC(=O)c1ccccc1)C(=O)C(F)(F)F)OCc1ccccc1.O=C(NCCCCC1(C(=O)C(F)(F)F)N=C(c2ccccc2)OC1=O)OCc1ccccc1.O=C(O)C(=O)O. The van der Waals surface area contributed by atoms with E-state index in [4.69, 9.17) is 34.0 Å². The van der Waals surface area contributed by atoms with Crippen LogP contribution in [0.2, 0.25) is 0 Å². The van der Waals surface area contributed by atoms with E-state index in [0.717, 1.165) is 11.1 Å². The molecule has 0 aliphatic carbocycles. The number of nitrogens with zero attached hydrogens (tertiary/aromatic N) is 1. The van der Waals surface area contributed by atoms with Crippen LogP contribution >= 0.6 is 0 Å². The molecule has 2 atom stereocenters. The van der Waals surface area contributed by atoms with Gasteiger partial charge in [0.1, 0.15) is 13.2 Å². The fourth-order valence-electron chi connectivity index (χ4n) is 5.97. The number of rotatable bonds is 19. The lowest BCUT2D eigenvalue weighted by Gasteiger charge is -2.21. The van der Waals surface area contributed by atoms with Crippen LogP contribution in [0.15, 0.2) is 126 Å². The maximum absolute atomic E-state index is 13.3. The van der Waals surface area contributed by atoms with Gasteiger partial charge in [-0.3, -0.25) is 14.4 Å². The predicted molar refractivity (Wildman–Crippen MR) is 234 cm³/mol. The fraction of sp³-hybridized carbons (Fsp3) is 0.298. The second kappa shape index (κ2) is 27.6. The maximum atomic E-state index is 13.3. The Labute approximate surface area is 395 Å². The minimum absolute atomic E-state index is 0.00144. The molecule has 0 saturated heterocycles. The van der Waals surface area contributed by atoms with Gasteiger partial charge in [-0.05, 0) is 73.9 Å². The molecule has 5 N–H and O–H groups in total. The van der Waals surface area contributed by atoms with Gasteiger partial charge in [0.2, 0.25) is 11.4 Å².